The Balaban J connectivity index is 2.84. The van der Waals surface area contributed by atoms with Crippen molar-refractivity contribution in [3.05, 3.63) is 45.6 Å². The molecular weight excluding hydrogens is 570 g/mol. The van der Waals surface area contributed by atoms with Crippen molar-refractivity contribution in [1.29, 1.82) is 0 Å². The van der Waals surface area contributed by atoms with Crippen LogP contribution in [0.1, 0.15) is 23.2 Å². The van der Waals surface area contributed by atoms with Gasteiger partial charge in [-0.15, -0.1) is 0 Å². The molecule has 0 aromatic heterocycles. The molecule has 1 aromatic rings. The summed E-state index contributed by atoms with van der Waals surface area (Å²) in [7, 11) is 0. The highest BCUT2D eigenvalue weighted by atomic mass is 127. The Bertz CT molecular complexity index is 791. The van der Waals surface area contributed by atoms with Gasteiger partial charge in [0.25, 0.3) is 5.91 Å². The lowest BCUT2D eigenvalue weighted by molar-refractivity contribution is -0.416. The number of alkyl halides is 11. The number of amides is 1. The van der Waals surface area contributed by atoms with Gasteiger partial charge in [0.2, 0.25) is 0 Å². The second-order valence-electron chi connectivity index (χ2n) is 6.16. The number of halogens is 12. The maximum Gasteiger partial charge on any atom is 0.460 e. The normalized spacial score (nSPS) is 14.5. The first kappa shape index (κ1) is 27.4. The predicted molar refractivity (Wildman–Crippen MR) is 96.0 cm³/mol. The summed E-state index contributed by atoms with van der Waals surface area (Å²) in [4.78, 5) is 11.7. The van der Waals surface area contributed by atoms with Gasteiger partial charge in [-0.1, -0.05) is 18.2 Å². The van der Waals surface area contributed by atoms with E-state index >= 15 is 0 Å². The van der Waals surface area contributed by atoms with Crippen LogP contribution in [0.4, 0.5) is 48.3 Å². The number of nitrogens with one attached hydrogen (secondary N) is 1. The Morgan fingerprint density at radius 2 is 1.35 bits per heavy atom. The summed E-state index contributed by atoms with van der Waals surface area (Å²) in [6, 6.07) is 7.66. The van der Waals surface area contributed by atoms with Gasteiger partial charge in [0, 0.05) is 18.2 Å². The quantitative estimate of drug-likeness (QED) is 0.198. The molecule has 0 saturated heterocycles. The molecule has 0 fully saturated rings. The Kier molecular flexibility index (Phi) is 8.39. The molecule has 0 aliphatic rings. The molecule has 1 aromatic carbocycles. The standard InChI is InChI=1S/C17H13F11INO/c18-13(19,14(20,21)15(22,23)16(24,25)17(26,27)28)9-11(29)7-4-8-30-12(31)10-5-2-1-3-6-10/h1-3,5-6,9H,4,7-8H2,(H,30,31). The van der Waals surface area contributed by atoms with E-state index in [1.54, 1.807) is 18.2 Å². The first-order valence-corrected chi connectivity index (χ1v) is 9.25. The van der Waals surface area contributed by atoms with Crippen LogP contribution in [0.15, 0.2) is 40.0 Å². The van der Waals surface area contributed by atoms with E-state index in [1.165, 1.54) is 12.1 Å². The zero-order valence-electron chi connectivity index (χ0n) is 15.0. The summed E-state index contributed by atoms with van der Waals surface area (Å²) in [5, 5.41) is 2.36. The SMILES string of the molecule is O=C(NCCCC(I)=CC(F)(F)C(F)(F)C(F)(F)C(F)(F)C(F)(F)F)c1ccccc1. The molecule has 0 saturated carbocycles. The van der Waals surface area contributed by atoms with Crippen molar-refractivity contribution in [3.63, 3.8) is 0 Å². The third-order valence-electron chi connectivity index (χ3n) is 3.82. The number of carbonyl (C=O) groups excluding carboxylic acids is 1. The topological polar surface area (TPSA) is 29.1 Å². The van der Waals surface area contributed by atoms with Crippen LogP contribution in [-0.2, 0) is 0 Å². The van der Waals surface area contributed by atoms with E-state index in [0.29, 0.717) is 0 Å². The van der Waals surface area contributed by atoms with Crippen molar-refractivity contribution in [1.82, 2.24) is 5.32 Å². The Morgan fingerprint density at radius 3 is 1.84 bits per heavy atom. The molecular formula is C17H13F11INO. The van der Waals surface area contributed by atoms with E-state index in [2.05, 4.69) is 5.32 Å². The maximum atomic E-state index is 13.6. The molecule has 0 bridgehead atoms. The molecule has 0 spiro atoms. The summed E-state index contributed by atoms with van der Waals surface area (Å²) < 4.78 is 142. The molecule has 1 rings (SSSR count). The van der Waals surface area contributed by atoms with Crippen LogP contribution < -0.4 is 5.32 Å². The second-order valence-corrected chi connectivity index (χ2v) is 7.55. The summed E-state index contributed by atoms with van der Waals surface area (Å²) in [6.45, 7) is -0.154. The number of benzene rings is 1. The molecule has 2 nitrogen and oxygen atoms in total. The van der Waals surface area contributed by atoms with Crippen LogP contribution in [0, 0.1) is 0 Å². The summed E-state index contributed by atoms with van der Waals surface area (Å²) in [6.07, 6.45) is -8.62. The van der Waals surface area contributed by atoms with Gasteiger partial charge in [0.1, 0.15) is 0 Å². The third kappa shape index (κ3) is 5.80. The first-order chi connectivity index (χ1) is 13.9. The minimum absolute atomic E-state index is 0.149. The zero-order chi connectivity index (χ0) is 24.3. The van der Waals surface area contributed by atoms with Crippen LogP contribution in [0.5, 0.6) is 0 Å². The van der Waals surface area contributed by atoms with Crippen LogP contribution in [-0.4, -0.2) is 42.3 Å². The average molecular weight is 583 g/mol. The average Bonchev–Trinajstić information content (AvgIpc) is 2.64. The van der Waals surface area contributed by atoms with Gasteiger partial charge >= 0.3 is 29.9 Å². The Morgan fingerprint density at radius 1 is 0.839 bits per heavy atom. The predicted octanol–water partition coefficient (Wildman–Crippen LogP) is 6.62. The van der Waals surface area contributed by atoms with E-state index in [-0.39, 0.29) is 18.5 Å². The largest absolute Gasteiger partial charge is 0.460 e. The molecule has 0 heterocycles. The van der Waals surface area contributed by atoms with Crippen LogP contribution in [0.25, 0.3) is 0 Å². The van der Waals surface area contributed by atoms with E-state index in [9.17, 15) is 53.1 Å². The van der Waals surface area contributed by atoms with Gasteiger partial charge in [-0.2, -0.15) is 48.3 Å². The highest BCUT2D eigenvalue weighted by Gasteiger charge is 2.86. The van der Waals surface area contributed by atoms with Crippen molar-refractivity contribution in [2.75, 3.05) is 6.54 Å². The minimum Gasteiger partial charge on any atom is -0.352 e. The molecule has 176 valence electrons. The second kappa shape index (κ2) is 9.48. The minimum atomic E-state index is -7.43. The number of allylic oxidation sites excluding steroid dienone is 2. The van der Waals surface area contributed by atoms with Gasteiger partial charge < -0.3 is 5.32 Å². The lowest BCUT2D eigenvalue weighted by atomic mass is 9.97. The van der Waals surface area contributed by atoms with Gasteiger partial charge in [0.05, 0.1) is 0 Å². The molecule has 0 aliphatic heterocycles. The monoisotopic (exact) mass is 583 g/mol. The van der Waals surface area contributed by atoms with Gasteiger partial charge in [0.15, 0.2) is 0 Å². The van der Waals surface area contributed by atoms with E-state index in [0.717, 1.165) is 22.6 Å². The van der Waals surface area contributed by atoms with Crippen molar-refractivity contribution >= 4 is 28.5 Å². The smallest absolute Gasteiger partial charge is 0.352 e. The first-order valence-electron chi connectivity index (χ1n) is 8.17. The zero-order valence-corrected chi connectivity index (χ0v) is 17.2. The Labute approximate surface area is 182 Å². The number of carbonyl (C=O) groups is 1. The molecule has 0 aliphatic carbocycles. The molecule has 1 N–H and O–H groups in total. The van der Waals surface area contributed by atoms with Crippen molar-refractivity contribution in [2.45, 2.75) is 42.7 Å². The molecule has 0 atom stereocenters. The van der Waals surface area contributed by atoms with Crippen LogP contribution in [0.3, 0.4) is 0 Å². The van der Waals surface area contributed by atoms with Gasteiger partial charge in [-0.3, -0.25) is 4.79 Å². The summed E-state index contributed by atoms with van der Waals surface area (Å²) in [5.74, 6) is -28.5. The Hall–Kier alpha value is -1.61. The molecule has 0 unspecified atom stereocenters. The lowest BCUT2D eigenvalue weighted by Crippen LogP contribution is -2.66. The molecule has 0 radical (unpaired) electrons. The fourth-order valence-corrected chi connectivity index (χ4v) is 2.87. The third-order valence-corrected chi connectivity index (χ3v) is 4.67. The number of rotatable bonds is 9. The highest BCUT2D eigenvalue weighted by Crippen LogP contribution is 2.57. The van der Waals surface area contributed by atoms with Crippen LogP contribution >= 0.6 is 22.6 Å². The lowest BCUT2D eigenvalue weighted by Gasteiger charge is -2.36. The van der Waals surface area contributed by atoms with Crippen molar-refractivity contribution in [2.24, 2.45) is 0 Å². The van der Waals surface area contributed by atoms with Gasteiger partial charge in [-0.05, 0) is 51.1 Å². The number of hydrogen-bond acceptors (Lipinski definition) is 1. The molecule has 14 heteroatoms. The van der Waals surface area contributed by atoms with Crippen molar-refractivity contribution < 1.29 is 53.1 Å². The fourth-order valence-electron chi connectivity index (χ4n) is 2.09. The van der Waals surface area contributed by atoms with E-state index in [4.69, 9.17) is 0 Å². The summed E-state index contributed by atoms with van der Waals surface area (Å²) >= 11 is 1.02. The van der Waals surface area contributed by atoms with Crippen LogP contribution in [0.2, 0.25) is 0 Å². The summed E-state index contributed by atoms with van der Waals surface area (Å²) in [5.41, 5.74) is 0.256. The fraction of sp³-hybridized carbons (Fsp3) is 0.471. The van der Waals surface area contributed by atoms with E-state index < -0.39 is 51.9 Å². The molecule has 31 heavy (non-hydrogen) atoms. The molecule has 1 amide bonds. The van der Waals surface area contributed by atoms with Gasteiger partial charge in [-0.25, -0.2) is 0 Å². The van der Waals surface area contributed by atoms with E-state index in [1.807, 2.05) is 0 Å². The number of hydrogen-bond donors (Lipinski definition) is 1. The highest BCUT2D eigenvalue weighted by molar-refractivity contribution is 14.1. The maximum absolute atomic E-state index is 13.6. The van der Waals surface area contributed by atoms with Crippen molar-refractivity contribution in [3.8, 4) is 0 Å².